The smallest absolute Gasteiger partial charge is 0.230 e. The number of benzene rings is 2. The van der Waals surface area contributed by atoms with Crippen LogP contribution < -0.4 is 16.0 Å². The van der Waals surface area contributed by atoms with E-state index in [9.17, 15) is 14.0 Å². The Hall–Kier alpha value is -2.15. The zero-order valence-corrected chi connectivity index (χ0v) is 25.0. The lowest BCUT2D eigenvalue weighted by atomic mass is 9.69. The number of halogens is 3. The van der Waals surface area contributed by atoms with Crippen molar-refractivity contribution in [2.45, 2.75) is 89.1 Å². The number of amides is 2. The molecule has 40 heavy (non-hydrogen) atoms. The van der Waals surface area contributed by atoms with Crippen molar-refractivity contribution in [3.63, 3.8) is 0 Å². The van der Waals surface area contributed by atoms with Crippen LogP contribution in [0.4, 0.5) is 10.1 Å². The third-order valence-electron chi connectivity index (χ3n) is 9.19. The first-order valence-corrected chi connectivity index (χ1v) is 15.4. The predicted molar refractivity (Wildman–Crippen MR) is 161 cm³/mol. The molecule has 3 N–H and O–H groups in total. The highest BCUT2D eigenvalue weighted by Gasteiger charge is 2.53. The van der Waals surface area contributed by atoms with Crippen molar-refractivity contribution in [2.75, 3.05) is 11.9 Å². The van der Waals surface area contributed by atoms with Gasteiger partial charge in [0.1, 0.15) is 5.82 Å². The second kappa shape index (κ2) is 14.2. The van der Waals surface area contributed by atoms with E-state index in [4.69, 9.17) is 23.2 Å². The van der Waals surface area contributed by atoms with Gasteiger partial charge in [0, 0.05) is 34.8 Å². The van der Waals surface area contributed by atoms with Gasteiger partial charge in [-0.2, -0.15) is 0 Å². The van der Waals surface area contributed by atoms with Gasteiger partial charge in [0.05, 0.1) is 10.9 Å². The summed E-state index contributed by atoms with van der Waals surface area (Å²) in [5.41, 5.74) is 0.856. The van der Waals surface area contributed by atoms with Crippen LogP contribution in [0.1, 0.15) is 83.1 Å². The van der Waals surface area contributed by atoms with Gasteiger partial charge in [-0.05, 0) is 80.2 Å². The number of rotatable bonds is 6. The Balaban J connectivity index is 0.000000259. The fourth-order valence-electron chi connectivity index (χ4n) is 6.96. The van der Waals surface area contributed by atoms with Crippen LogP contribution in [-0.4, -0.2) is 30.4 Å². The van der Waals surface area contributed by atoms with Gasteiger partial charge in [-0.1, -0.05) is 74.5 Å². The Morgan fingerprint density at radius 2 is 1.75 bits per heavy atom. The average Bonchev–Trinajstić information content (AvgIpc) is 3.29. The van der Waals surface area contributed by atoms with Crippen molar-refractivity contribution in [2.24, 2.45) is 17.8 Å². The quantitative estimate of drug-likeness (QED) is 0.302. The monoisotopic (exact) mass is 589 g/mol. The van der Waals surface area contributed by atoms with E-state index in [1.54, 1.807) is 36.4 Å². The van der Waals surface area contributed by atoms with Gasteiger partial charge in [-0.25, -0.2) is 4.39 Å². The van der Waals surface area contributed by atoms with E-state index in [1.165, 1.54) is 32.1 Å². The van der Waals surface area contributed by atoms with Gasteiger partial charge in [0.15, 0.2) is 0 Å². The van der Waals surface area contributed by atoms with E-state index in [-0.39, 0.29) is 28.3 Å². The molecule has 0 aromatic heterocycles. The lowest BCUT2D eigenvalue weighted by Gasteiger charge is -2.39. The molecular weight excluding hydrogens is 548 g/mol. The molecule has 0 bridgehead atoms. The zero-order valence-electron chi connectivity index (χ0n) is 23.5. The molecule has 5 nitrogen and oxygen atoms in total. The standard InChI is InChI=1S/C22H23Cl2FN2O.C10H19NO/c23-14-6-4-7-15(12-14)27-21(28)19-17(16-8-5-9-18(24)20(16)25)13-26-22(19)10-2-1-3-11-22;1-8(2)9-3-5-10(6-4-9)11-7-12/h4-9,12,17,19,26H,1-3,10-11,13H2,(H,27,28);7-10H,3-6H2,1-2H3,(H,11,12). The molecule has 0 radical (unpaired) electrons. The zero-order chi connectivity index (χ0) is 28.7. The SMILES string of the molecule is CC(C)C1CCC(NC=O)CC1.O=C(Nc1cccc(Cl)c1)C1C(c2cccc(Cl)c2F)CNC12CCCCC2. The Labute approximate surface area is 248 Å². The van der Waals surface area contributed by atoms with Crippen LogP contribution in [0.3, 0.4) is 0 Å². The summed E-state index contributed by atoms with van der Waals surface area (Å²) >= 11 is 12.1. The molecule has 1 heterocycles. The Kier molecular flexibility index (Phi) is 10.9. The number of hydrogen-bond acceptors (Lipinski definition) is 3. The molecule has 2 amide bonds. The molecule has 1 saturated heterocycles. The van der Waals surface area contributed by atoms with E-state index in [0.717, 1.165) is 43.9 Å². The largest absolute Gasteiger partial charge is 0.356 e. The second-order valence-corrected chi connectivity index (χ2v) is 12.8. The van der Waals surface area contributed by atoms with Crippen molar-refractivity contribution in [1.29, 1.82) is 0 Å². The van der Waals surface area contributed by atoms with Crippen molar-refractivity contribution in [3.8, 4) is 0 Å². The summed E-state index contributed by atoms with van der Waals surface area (Å²) in [5, 5.41) is 10.1. The van der Waals surface area contributed by atoms with Gasteiger partial charge in [0.25, 0.3) is 0 Å². The van der Waals surface area contributed by atoms with Crippen LogP contribution in [0.15, 0.2) is 42.5 Å². The van der Waals surface area contributed by atoms with Crippen molar-refractivity contribution in [3.05, 3.63) is 63.9 Å². The predicted octanol–water partition coefficient (Wildman–Crippen LogP) is 7.72. The van der Waals surface area contributed by atoms with Gasteiger partial charge in [-0.15, -0.1) is 0 Å². The van der Waals surface area contributed by atoms with Crippen LogP contribution in [0, 0.1) is 23.6 Å². The first-order valence-electron chi connectivity index (χ1n) is 14.7. The summed E-state index contributed by atoms with van der Waals surface area (Å²) < 4.78 is 14.8. The first-order chi connectivity index (χ1) is 19.2. The third kappa shape index (κ3) is 7.37. The highest BCUT2D eigenvalue weighted by atomic mass is 35.5. The van der Waals surface area contributed by atoms with Gasteiger partial charge in [-0.3, -0.25) is 9.59 Å². The molecule has 1 spiro atoms. The van der Waals surface area contributed by atoms with Gasteiger partial charge in [0.2, 0.25) is 12.3 Å². The van der Waals surface area contributed by atoms with Crippen molar-refractivity contribution >= 4 is 41.2 Å². The molecule has 2 atom stereocenters. The lowest BCUT2D eigenvalue weighted by Crippen LogP contribution is -2.50. The average molecular weight is 591 g/mol. The van der Waals surface area contributed by atoms with E-state index in [2.05, 4.69) is 29.8 Å². The van der Waals surface area contributed by atoms with Crippen LogP contribution in [-0.2, 0) is 9.59 Å². The molecule has 8 heteroatoms. The molecule has 1 aliphatic heterocycles. The Bertz CT molecular complexity index is 1150. The van der Waals surface area contributed by atoms with Crippen molar-refractivity contribution < 1.29 is 14.0 Å². The fraction of sp³-hybridized carbons (Fsp3) is 0.562. The Morgan fingerprint density at radius 3 is 2.40 bits per heavy atom. The van der Waals surface area contributed by atoms with E-state index >= 15 is 0 Å². The minimum atomic E-state index is -0.426. The normalized spacial score (nSPS) is 25.6. The summed E-state index contributed by atoms with van der Waals surface area (Å²) in [5.74, 6) is 0.524. The highest BCUT2D eigenvalue weighted by molar-refractivity contribution is 6.31. The minimum Gasteiger partial charge on any atom is -0.356 e. The maximum atomic E-state index is 14.8. The summed E-state index contributed by atoms with van der Waals surface area (Å²) in [6.45, 7) is 5.14. The Morgan fingerprint density at radius 1 is 1.05 bits per heavy atom. The maximum Gasteiger partial charge on any atom is 0.230 e. The molecule has 2 aliphatic carbocycles. The van der Waals surface area contributed by atoms with Crippen LogP contribution in [0.5, 0.6) is 0 Å². The molecule has 3 aliphatic rings. The lowest BCUT2D eigenvalue weighted by molar-refractivity contribution is -0.122. The molecule has 2 aromatic carbocycles. The minimum absolute atomic E-state index is 0.0936. The molecular formula is C32H42Cl2FN3O2. The summed E-state index contributed by atoms with van der Waals surface area (Å²) in [6, 6.07) is 12.6. The molecule has 5 rings (SSSR count). The highest BCUT2D eigenvalue weighted by Crippen LogP contribution is 2.47. The number of hydrogen-bond donors (Lipinski definition) is 3. The third-order valence-corrected chi connectivity index (χ3v) is 9.72. The molecule has 3 fully saturated rings. The summed E-state index contributed by atoms with van der Waals surface area (Å²) in [6.07, 6.45) is 10.9. The molecule has 2 unspecified atom stereocenters. The number of anilines is 1. The topological polar surface area (TPSA) is 70.2 Å². The van der Waals surface area contributed by atoms with E-state index in [0.29, 0.717) is 28.9 Å². The number of carbonyl (C=O) groups is 2. The van der Waals surface area contributed by atoms with Crippen LogP contribution in [0.25, 0.3) is 0 Å². The maximum absolute atomic E-state index is 14.8. The summed E-state index contributed by atoms with van der Waals surface area (Å²) in [7, 11) is 0. The van der Waals surface area contributed by atoms with Gasteiger partial charge >= 0.3 is 0 Å². The van der Waals surface area contributed by atoms with Crippen LogP contribution >= 0.6 is 23.2 Å². The second-order valence-electron chi connectivity index (χ2n) is 12.0. The molecule has 2 saturated carbocycles. The molecule has 2 aromatic rings. The van der Waals surface area contributed by atoms with Crippen molar-refractivity contribution in [1.82, 2.24) is 10.6 Å². The fourth-order valence-corrected chi connectivity index (χ4v) is 7.33. The first kappa shape index (κ1) is 30.8. The molecule has 218 valence electrons. The van der Waals surface area contributed by atoms with Gasteiger partial charge < -0.3 is 16.0 Å². The van der Waals surface area contributed by atoms with Crippen LogP contribution in [0.2, 0.25) is 10.0 Å². The van der Waals surface area contributed by atoms with E-state index < -0.39 is 5.82 Å². The van der Waals surface area contributed by atoms with E-state index in [1.807, 2.05) is 6.07 Å². The summed E-state index contributed by atoms with van der Waals surface area (Å²) in [4.78, 5) is 23.6. The number of carbonyl (C=O) groups excluding carboxylic acids is 2. The number of nitrogens with one attached hydrogen (secondary N) is 3.